The van der Waals surface area contributed by atoms with E-state index in [-0.39, 0.29) is 23.8 Å². The van der Waals surface area contributed by atoms with Crippen LogP contribution < -0.4 is 5.73 Å². The first kappa shape index (κ1) is 20.3. The van der Waals surface area contributed by atoms with Crippen LogP contribution in [-0.4, -0.2) is 11.9 Å². The van der Waals surface area contributed by atoms with Gasteiger partial charge >= 0.3 is 18.3 Å². The minimum Gasteiger partial charge on any atom is -0.444 e. The van der Waals surface area contributed by atoms with Crippen molar-refractivity contribution in [1.29, 1.82) is 0 Å². The number of halogens is 6. The van der Waals surface area contributed by atoms with Crippen LogP contribution in [0.4, 0.5) is 26.3 Å². The zero-order chi connectivity index (χ0) is 20.4. The highest BCUT2D eigenvalue weighted by Crippen LogP contribution is 2.36. The Morgan fingerprint density at radius 2 is 1.33 bits per heavy atom. The van der Waals surface area contributed by atoms with Crippen LogP contribution in [0.25, 0.3) is 0 Å². The second-order valence-corrected chi connectivity index (χ2v) is 5.39. The molecule has 0 bridgehead atoms. The summed E-state index contributed by atoms with van der Waals surface area (Å²) in [6, 6.07) is 7.54. The highest BCUT2D eigenvalue weighted by Gasteiger charge is 2.38. The van der Waals surface area contributed by atoms with E-state index in [1.54, 1.807) is 6.07 Å². The molecular formula is C17H11F6NO3. The van der Waals surface area contributed by atoms with Crippen LogP contribution >= 0.6 is 0 Å². The molecule has 27 heavy (non-hydrogen) atoms. The fourth-order valence-electron chi connectivity index (χ4n) is 2.17. The normalized spacial score (nSPS) is 13.1. The summed E-state index contributed by atoms with van der Waals surface area (Å²) in [5.74, 6) is -2.70. The van der Waals surface area contributed by atoms with Crippen molar-refractivity contribution in [3.05, 3.63) is 70.8 Å². The number of hydrogen-bond donors (Lipinski definition) is 1. The van der Waals surface area contributed by atoms with E-state index in [9.17, 15) is 35.9 Å². The van der Waals surface area contributed by atoms with Gasteiger partial charge in [0.15, 0.2) is 0 Å². The van der Waals surface area contributed by atoms with Crippen LogP contribution in [0.1, 0.15) is 33.2 Å². The van der Waals surface area contributed by atoms with E-state index in [0.717, 1.165) is 0 Å². The molecule has 2 N–H and O–H groups in total. The summed E-state index contributed by atoms with van der Waals surface area (Å²) < 4.78 is 81.9. The zero-order valence-corrected chi connectivity index (χ0v) is 13.3. The first-order valence-corrected chi connectivity index (χ1v) is 7.24. The van der Waals surface area contributed by atoms with Gasteiger partial charge in [-0.05, 0) is 18.2 Å². The summed E-state index contributed by atoms with van der Waals surface area (Å²) in [7, 11) is 0. The summed E-state index contributed by atoms with van der Waals surface area (Å²) in [5, 5.41) is 0. The molecule has 0 fully saturated rings. The molecule has 2 aromatic carbocycles. The van der Waals surface area contributed by atoms with E-state index < -0.39 is 47.0 Å². The van der Waals surface area contributed by atoms with Gasteiger partial charge in [-0.15, -0.1) is 0 Å². The second-order valence-electron chi connectivity index (χ2n) is 5.39. The predicted octanol–water partition coefficient (Wildman–Crippen LogP) is 4.11. The number of rotatable bonds is 4. The fourth-order valence-corrected chi connectivity index (χ4v) is 2.17. The molecule has 1 amide bonds. The van der Waals surface area contributed by atoms with Gasteiger partial charge in [0.05, 0.1) is 16.7 Å². The van der Waals surface area contributed by atoms with Crippen molar-refractivity contribution in [2.75, 3.05) is 0 Å². The monoisotopic (exact) mass is 391 g/mol. The van der Waals surface area contributed by atoms with Gasteiger partial charge in [-0.1, -0.05) is 30.3 Å². The molecule has 4 nitrogen and oxygen atoms in total. The van der Waals surface area contributed by atoms with Crippen LogP contribution in [0.2, 0.25) is 0 Å². The maximum absolute atomic E-state index is 12.9. The molecule has 0 aliphatic rings. The lowest BCUT2D eigenvalue weighted by Gasteiger charge is -2.17. The van der Waals surface area contributed by atoms with Crippen molar-refractivity contribution in [2.45, 2.75) is 18.5 Å². The van der Waals surface area contributed by atoms with Gasteiger partial charge in [0.1, 0.15) is 0 Å². The Labute approximate surface area is 148 Å². The molecule has 0 saturated heterocycles. The predicted molar refractivity (Wildman–Crippen MR) is 80.2 cm³/mol. The molecule has 0 saturated carbocycles. The summed E-state index contributed by atoms with van der Waals surface area (Å²) >= 11 is 0. The topological polar surface area (TPSA) is 69.4 Å². The second kappa shape index (κ2) is 7.29. The molecule has 0 heterocycles. The molecule has 144 valence electrons. The van der Waals surface area contributed by atoms with Crippen LogP contribution in [0.3, 0.4) is 0 Å². The number of primary amides is 1. The molecule has 10 heteroatoms. The lowest BCUT2D eigenvalue weighted by Crippen LogP contribution is -2.26. The minimum absolute atomic E-state index is 0.112. The van der Waals surface area contributed by atoms with Crippen molar-refractivity contribution < 1.29 is 40.7 Å². The summed E-state index contributed by atoms with van der Waals surface area (Å²) in [6.45, 7) is 0. The van der Waals surface area contributed by atoms with Crippen molar-refractivity contribution in [2.24, 2.45) is 5.73 Å². The largest absolute Gasteiger partial charge is 0.444 e. The van der Waals surface area contributed by atoms with Gasteiger partial charge in [-0.3, -0.25) is 4.79 Å². The van der Waals surface area contributed by atoms with Crippen molar-refractivity contribution >= 4 is 11.9 Å². The SMILES string of the molecule is NC(=O)C(OC(=O)c1cc(C(F)(F)F)cc(C(F)(F)F)c1)c1ccccc1. The maximum Gasteiger partial charge on any atom is 0.416 e. The lowest BCUT2D eigenvalue weighted by atomic mass is 10.0. The molecule has 2 aromatic rings. The number of benzene rings is 2. The van der Waals surface area contributed by atoms with Crippen molar-refractivity contribution in [3.63, 3.8) is 0 Å². The number of alkyl halides is 6. The maximum atomic E-state index is 12.9. The Hall–Kier alpha value is -3.04. The summed E-state index contributed by atoms with van der Waals surface area (Å²) in [4.78, 5) is 23.6. The van der Waals surface area contributed by atoms with Gasteiger partial charge in [0.25, 0.3) is 5.91 Å². The van der Waals surface area contributed by atoms with Crippen molar-refractivity contribution in [1.82, 2.24) is 0 Å². The third-order valence-electron chi connectivity index (χ3n) is 3.41. The first-order valence-electron chi connectivity index (χ1n) is 7.24. The van der Waals surface area contributed by atoms with E-state index in [4.69, 9.17) is 10.5 Å². The number of esters is 1. The lowest BCUT2D eigenvalue weighted by molar-refractivity contribution is -0.143. The van der Waals surface area contributed by atoms with Crippen LogP contribution in [0, 0.1) is 0 Å². The number of hydrogen-bond acceptors (Lipinski definition) is 3. The molecule has 0 aliphatic heterocycles. The molecule has 0 aliphatic carbocycles. The minimum atomic E-state index is -5.13. The Bertz CT molecular complexity index is 814. The average molecular weight is 391 g/mol. The van der Waals surface area contributed by atoms with Gasteiger partial charge in [-0.25, -0.2) is 4.79 Å². The van der Waals surface area contributed by atoms with Gasteiger partial charge in [0.2, 0.25) is 6.10 Å². The average Bonchev–Trinajstić information content (AvgIpc) is 2.58. The van der Waals surface area contributed by atoms with E-state index in [1.807, 2.05) is 0 Å². The van der Waals surface area contributed by atoms with E-state index in [1.165, 1.54) is 24.3 Å². The number of carbonyl (C=O) groups is 2. The highest BCUT2D eigenvalue weighted by atomic mass is 19.4. The van der Waals surface area contributed by atoms with Crippen LogP contribution in [0.15, 0.2) is 48.5 Å². The number of carbonyl (C=O) groups excluding carboxylic acids is 2. The molecule has 1 unspecified atom stereocenters. The zero-order valence-electron chi connectivity index (χ0n) is 13.3. The van der Waals surface area contributed by atoms with Gasteiger partial charge in [0, 0.05) is 5.56 Å². The molecule has 1 atom stereocenters. The van der Waals surface area contributed by atoms with Crippen LogP contribution in [0.5, 0.6) is 0 Å². The van der Waals surface area contributed by atoms with E-state index in [2.05, 4.69) is 0 Å². The Morgan fingerprint density at radius 1 is 0.852 bits per heavy atom. The van der Waals surface area contributed by atoms with E-state index in [0.29, 0.717) is 0 Å². The third kappa shape index (κ3) is 4.99. The molecule has 2 rings (SSSR count). The molecular weight excluding hydrogens is 380 g/mol. The smallest absolute Gasteiger partial charge is 0.416 e. The fraction of sp³-hybridized carbons (Fsp3) is 0.176. The molecule has 0 aromatic heterocycles. The Balaban J connectivity index is 2.44. The highest BCUT2D eigenvalue weighted by molar-refractivity contribution is 5.92. The standard InChI is InChI=1S/C17H11F6NO3/c18-16(19,20)11-6-10(7-12(8-11)17(21,22)23)15(26)27-13(14(24)25)9-4-2-1-3-5-9/h1-8,13H,(H2,24,25). The quantitative estimate of drug-likeness (QED) is 0.630. The van der Waals surface area contributed by atoms with Gasteiger partial charge in [-0.2, -0.15) is 26.3 Å². The number of ether oxygens (including phenoxy) is 1. The third-order valence-corrected chi connectivity index (χ3v) is 3.41. The first-order chi connectivity index (χ1) is 12.4. The molecule has 0 radical (unpaired) electrons. The van der Waals surface area contributed by atoms with Crippen LogP contribution in [-0.2, 0) is 21.9 Å². The summed E-state index contributed by atoms with van der Waals surface area (Å²) in [6.07, 6.45) is -11.9. The van der Waals surface area contributed by atoms with Crippen molar-refractivity contribution in [3.8, 4) is 0 Å². The Morgan fingerprint density at radius 3 is 1.74 bits per heavy atom. The summed E-state index contributed by atoms with van der Waals surface area (Å²) in [5.41, 5.74) is 0.853. The van der Waals surface area contributed by atoms with E-state index >= 15 is 0 Å². The van der Waals surface area contributed by atoms with Gasteiger partial charge < -0.3 is 10.5 Å². The Kier molecular flexibility index (Phi) is 5.48. The molecule has 0 spiro atoms. The number of nitrogens with two attached hydrogens (primary N) is 1. The number of amides is 1.